The second-order valence-electron chi connectivity index (χ2n) is 5.40. The minimum Gasteiger partial charge on any atom is -0.482 e. The normalized spacial score (nSPS) is 10.5. The predicted octanol–water partition coefficient (Wildman–Crippen LogP) is 4.33. The van der Waals surface area contributed by atoms with Crippen LogP contribution >= 0.6 is 15.9 Å². The highest BCUT2D eigenvalue weighted by Gasteiger charge is 2.11. The third-order valence-electron chi connectivity index (χ3n) is 3.62. The molecule has 0 atom stereocenters. The summed E-state index contributed by atoms with van der Waals surface area (Å²) in [5, 5.41) is 0.437. The van der Waals surface area contributed by atoms with Crippen LogP contribution in [-0.4, -0.2) is 19.2 Å². The van der Waals surface area contributed by atoms with Crippen LogP contribution in [0.25, 0.3) is 22.1 Å². The van der Waals surface area contributed by atoms with Crippen molar-refractivity contribution in [3.63, 3.8) is 0 Å². The summed E-state index contributed by atoms with van der Waals surface area (Å²) in [7, 11) is 0. The number of carbonyl (C=O) groups is 1. The average Bonchev–Trinajstić information content (AvgIpc) is 2.66. The van der Waals surface area contributed by atoms with E-state index in [2.05, 4.69) is 22.5 Å². The summed E-state index contributed by atoms with van der Waals surface area (Å²) in [6.45, 7) is 3.36. The maximum Gasteiger partial charge on any atom is 0.344 e. The van der Waals surface area contributed by atoms with E-state index >= 15 is 0 Å². The molecule has 0 bridgehead atoms. The number of carbonyl (C=O) groups excluding carboxylic acids is 1. The first kappa shape index (κ1) is 17.9. The molecule has 6 heteroatoms. The number of halogens is 1. The van der Waals surface area contributed by atoms with E-state index in [0.29, 0.717) is 22.3 Å². The molecule has 26 heavy (non-hydrogen) atoms. The Kier molecular flexibility index (Phi) is 5.53. The van der Waals surface area contributed by atoms with Crippen LogP contribution in [0.1, 0.15) is 0 Å². The van der Waals surface area contributed by atoms with Gasteiger partial charge in [-0.05, 0) is 29.8 Å². The van der Waals surface area contributed by atoms with Crippen molar-refractivity contribution in [2.75, 3.05) is 13.2 Å². The van der Waals surface area contributed by atoms with Gasteiger partial charge in [-0.2, -0.15) is 0 Å². The number of rotatable bonds is 6. The molecular weight excluding hydrogens is 400 g/mol. The quantitative estimate of drug-likeness (QED) is 0.443. The highest BCUT2D eigenvalue weighted by atomic mass is 79.9. The van der Waals surface area contributed by atoms with Crippen LogP contribution in [0.5, 0.6) is 5.75 Å². The minimum absolute atomic E-state index is 0.133. The lowest BCUT2D eigenvalue weighted by atomic mass is 10.1. The fourth-order valence-electron chi connectivity index (χ4n) is 2.36. The van der Waals surface area contributed by atoms with Gasteiger partial charge in [-0.15, -0.1) is 0 Å². The van der Waals surface area contributed by atoms with Crippen LogP contribution in [0.3, 0.4) is 0 Å². The first-order valence-corrected chi connectivity index (χ1v) is 8.58. The zero-order valence-electron chi connectivity index (χ0n) is 13.7. The van der Waals surface area contributed by atoms with Crippen molar-refractivity contribution < 1.29 is 18.7 Å². The molecule has 0 amide bonds. The van der Waals surface area contributed by atoms with Gasteiger partial charge in [0.2, 0.25) is 0 Å². The summed E-state index contributed by atoms with van der Waals surface area (Å²) in [5.74, 6) is -0.0929. The number of fused-ring (bicyclic) bond motifs is 1. The Morgan fingerprint density at radius 2 is 1.96 bits per heavy atom. The molecule has 0 aliphatic heterocycles. The van der Waals surface area contributed by atoms with Crippen LogP contribution in [0.15, 0.2) is 75.1 Å². The third kappa shape index (κ3) is 4.03. The number of benzene rings is 2. The SMILES string of the molecule is C=CCOC(=O)COc1ccc2c(=O)c(-c3ccc(Br)cc3)coc2c1. The van der Waals surface area contributed by atoms with Crippen LogP contribution < -0.4 is 10.2 Å². The van der Waals surface area contributed by atoms with Crippen LogP contribution in [0, 0.1) is 0 Å². The zero-order chi connectivity index (χ0) is 18.5. The summed E-state index contributed by atoms with van der Waals surface area (Å²) in [4.78, 5) is 24.2. The van der Waals surface area contributed by atoms with E-state index in [9.17, 15) is 9.59 Å². The van der Waals surface area contributed by atoms with Crippen LogP contribution in [0.2, 0.25) is 0 Å². The molecule has 3 aromatic rings. The van der Waals surface area contributed by atoms with Gasteiger partial charge in [0.15, 0.2) is 12.0 Å². The molecular formula is C20H15BrO5. The van der Waals surface area contributed by atoms with E-state index in [4.69, 9.17) is 13.9 Å². The van der Waals surface area contributed by atoms with Gasteiger partial charge in [-0.3, -0.25) is 4.79 Å². The molecule has 2 aromatic carbocycles. The van der Waals surface area contributed by atoms with Crippen molar-refractivity contribution in [2.45, 2.75) is 0 Å². The molecule has 132 valence electrons. The van der Waals surface area contributed by atoms with E-state index < -0.39 is 5.97 Å². The molecule has 0 saturated heterocycles. The Balaban J connectivity index is 1.84. The maximum absolute atomic E-state index is 12.7. The molecule has 0 unspecified atom stereocenters. The zero-order valence-corrected chi connectivity index (χ0v) is 15.3. The Hall–Kier alpha value is -2.86. The molecule has 0 saturated carbocycles. The Morgan fingerprint density at radius 3 is 2.69 bits per heavy atom. The molecule has 3 rings (SSSR count). The van der Waals surface area contributed by atoms with Gasteiger partial charge in [0.25, 0.3) is 0 Å². The van der Waals surface area contributed by atoms with Gasteiger partial charge >= 0.3 is 5.97 Å². The maximum atomic E-state index is 12.7. The molecule has 0 N–H and O–H groups in total. The molecule has 0 radical (unpaired) electrons. The number of hydrogen-bond acceptors (Lipinski definition) is 5. The average molecular weight is 415 g/mol. The topological polar surface area (TPSA) is 65.7 Å². The van der Waals surface area contributed by atoms with Gasteiger partial charge in [-0.1, -0.05) is 40.7 Å². The first-order chi connectivity index (χ1) is 12.6. The molecule has 1 aromatic heterocycles. The summed E-state index contributed by atoms with van der Waals surface area (Å²) < 4.78 is 16.7. The molecule has 0 aliphatic rings. The summed E-state index contributed by atoms with van der Waals surface area (Å²) >= 11 is 3.37. The second kappa shape index (κ2) is 8.01. The van der Waals surface area contributed by atoms with E-state index in [1.165, 1.54) is 12.3 Å². The number of esters is 1. The number of ether oxygens (including phenoxy) is 2. The van der Waals surface area contributed by atoms with Crippen molar-refractivity contribution >= 4 is 32.9 Å². The van der Waals surface area contributed by atoms with E-state index in [-0.39, 0.29) is 18.6 Å². The van der Waals surface area contributed by atoms with Crippen molar-refractivity contribution in [1.29, 1.82) is 0 Å². The standard InChI is InChI=1S/C20H15BrO5/c1-2-9-24-19(22)12-25-15-7-8-16-18(10-15)26-11-17(20(16)23)13-3-5-14(21)6-4-13/h2-8,10-11H,1,9,12H2. The van der Waals surface area contributed by atoms with Crippen molar-refractivity contribution in [2.24, 2.45) is 0 Å². The van der Waals surface area contributed by atoms with Crippen molar-refractivity contribution in [3.05, 3.63) is 76.1 Å². The van der Waals surface area contributed by atoms with E-state index in [1.54, 1.807) is 18.2 Å². The lowest BCUT2D eigenvalue weighted by Crippen LogP contribution is -2.14. The predicted molar refractivity (Wildman–Crippen MR) is 102 cm³/mol. The monoisotopic (exact) mass is 414 g/mol. The van der Waals surface area contributed by atoms with Gasteiger partial charge in [0.1, 0.15) is 24.2 Å². The van der Waals surface area contributed by atoms with Crippen molar-refractivity contribution in [3.8, 4) is 16.9 Å². The molecule has 0 spiro atoms. The fourth-order valence-corrected chi connectivity index (χ4v) is 2.63. The molecule has 1 heterocycles. The molecule has 0 fully saturated rings. The van der Waals surface area contributed by atoms with Crippen LogP contribution in [-0.2, 0) is 9.53 Å². The largest absolute Gasteiger partial charge is 0.482 e. The van der Waals surface area contributed by atoms with E-state index in [0.717, 1.165) is 10.0 Å². The van der Waals surface area contributed by atoms with Gasteiger partial charge in [0, 0.05) is 10.5 Å². The van der Waals surface area contributed by atoms with Gasteiger partial charge in [-0.25, -0.2) is 4.79 Å². The summed E-state index contributed by atoms with van der Waals surface area (Å²) in [5.41, 5.74) is 1.50. The molecule has 5 nitrogen and oxygen atoms in total. The highest BCUT2D eigenvalue weighted by Crippen LogP contribution is 2.24. The summed E-state index contributed by atoms with van der Waals surface area (Å²) in [6.07, 6.45) is 2.90. The second-order valence-corrected chi connectivity index (χ2v) is 6.32. The van der Waals surface area contributed by atoms with Crippen LogP contribution in [0.4, 0.5) is 0 Å². The minimum atomic E-state index is -0.503. The highest BCUT2D eigenvalue weighted by molar-refractivity contribution is 9.10. The van der Waals surface area contributed by atoms with Gasteiger partial charge < -0.3 is 13.9 Å². The fraction of sp³-hybridized carbons (Fsp3) is 0.100. The van der Waals surface area contributed by atoms with Gasteiger partial charge in [0.05, 0.1) is 10.9 Å². The first-order valence-electron chi connectivity index (χ1n) is 7.79. The Bertz CT molecular complexity index is 1000. The lowest BCUT2D eigenvalue weighted by Gasteiger charge is -2.07. The smallest absolute Gasteiger partial charge is 0.344 e. The lowest BCUT2D eigenvalue weighted by molar-refractivity contribution is -0.144. The van der Waals surface area contributed by atoms with E-state index in [1.807, 2.05) is 24.3 Å². The third-order valence-corrected chi connectivity index (χ3v) is 4.15. The molecule has 0 aliphatic carbocycles. The Labute approximate surface area is 158 Å². The Morgan fingerprint density at radius 1 is 1.19 bits per heavy atom. The summed E-state index contributed by atoms with van der Waals surface area (Å²) in [6, 6.07) is 12.2. The number of hydrogen-bond donors (Lipinski definition) is 0. The van der Waals surface area contributed by atoms with Crippen molar-refractivity contribution in [1.82, 2.24) is 0 Å².